The molecule has 0 spiro atoms. The summed E-state index contributed by atoms with van der Waals surface area (Å²) in [5.41, 5.74) is 4.11. The van der Waals surface area contributed by atoms with Crippen LogP contribution in [0.5, 0.6) is 5.75 Å². The number of aryl methyl sites for hydroxylation is 1. The van der Waals surface area contributed by atoms with E-state index in [2.05, 4.69) is 36.1 Å². The molecule has 3 nitrogen and oxygen atoms in total. The van der Waals surface area contributed by atoms with Gasteiger partial charge < -0.3 is 9.64 Å². The lowest BCUT2D eigenvalue weighted by Gasteiger charge is -2.31. The van der Waals surface area contributed by atoms with Crippen molar-refractivity contribution < 1.29 is 9.53 Å². The second kappa shape index (κ2) is 4.76. The predicted octanol–water partition coefficient (Wildman–Crippen LogP) is 3.16. The fourth-order valence-electron chi connectivity index (χ4n) is 2.26. The quantitative estimate of drug-likeness (QED) is 0.770. The lowest BCUT2D eigenvalue weighted by atomic mass is 10.1. The van der Waals surface area contributed by atoms with Gasteiger partial charge in [-0.05, 0) is 37.3 Å². The first kappa shape index (κ1) is 11.8. The van der Waals surface area contributed by atoms with E-state index < -0.39 is 0 Å². The molecule has 0 saturated heterocycles. The minimum Gasteiger partial charge on any atom is -0.473 e. The molecule has 0 radical (unpaired) electrons. The Hall–Kier alpha value is -2.29. The highest BCUT2D eigenvalue weighted by atomic mass is 16.5. The van der Waals surface area contributed by atoms with Crippen LogP contribution in [0, 0.1) is 6.92 Å². The van der Waals surface area contributed by atoms with Crippen LogP contribution in [-0.4, -0.2) is 13.0 Å². The zero-order chi connectivity index (χ0) is 13.2. The van der Waals surface area contributed by atoms with Crippen molar-refractivity contribution in [3.63, 3.8) is 0 Å². The number of nitrogens with zero attached hydrogens (tertiary/aromatic N) is 1. The minimum atomic E-state index is 0.538. The number of ether oxygens (including phenoxy) is 1. The summed E-state index contributed by atoms with van der Waals surface area (Å²) in [6.45, 7) is 3.37. The molecular weight excluding hydrogens is 238 g/mol. The molecule has 0 atom stereocenters. The van der Waals surface area contributed by atoms with Gasteiger partial charge in [0.25, 0.3) is 0 Å². The van der Waals surface area contributed by atoms with Crippen molar-refractivity contribution in [3.05, 3.63) is 59.2 Å². The number of carbonyl (C=O) groups excluding carboxylic acids is 1. The van der Waals surface area contributed by atoms with Crippen LogP contribution in [0.1, 0.15) is 21.5 Å². The highest BCUT2D eigenvalue weighted by Crippen LogP contribution is 2.28. The van der Waals surface area contributed by atoms with E-state index in [0.717, 1.165) is 29.8 Å². The Morgan fingerprint density at radius 3 is 2.68 bits per heavy atom. The van der Waals surface area contributed by atoms with Crippen molar-refractivity contribution in [2.75, 3.05) is 11.6 Å². The third-order valence-corrected chi connectivity index (χ3v) is 3.36. The van der Waals surface area contributed by atoms with Crippen molar-refractivity contribution in [2.24, 2.45) is 0 Å². The Labute approximate surface area is 112 Å². The van der Waals surface area contributed by atoms with Crippen LogP contribution >= 0.6 is 0 Å². The number of fused-ring (bicyclic) bond motifs is 1. The fraction of sp³-hybridized carbons (Fsp3) is 0.188. The van der Waals surface area contributed by atoms with Crippen LogP contribution in [-0.2, 0) is 6.54 Å². The molecule has 3 rings (SSSR count). The number of anilines is 1. The van der Waals surface area contributed by atoms with Crippen LogP contribution < -0.4 is 9.64 Å². The molecule has 96 valence electrons. The Bertz CT molecular complexity index is 605. The molecule has 3 heteroatoms. The van der Waals surface area contributed by atoms with Gasteiger partial charge in [-0.15, -0.1) is 0 Å². The van der Waals surface area contributed by atoms with Gasteiger partial charge in [-0.25, -0.2) is 0 Å². The summed E-state index contributed by atoms with van der Waals surface area (Å²) in [4.78, 5) is 13.0. The molecule has 0 amide bonds. The zero-order valence-corrected chi connectivity index (χ0v) is 10.8. The molecular formula is C16H15NO2. The Morgan fingerprint density at radius 1 is 1.16 bits per heavy atom. The number of aldehydes is 1. The molecule has 19 heavy (non-hydrogen) atoms. The normalized spacial score (nSPS) is 13.6. The maximum absolute atomic E-state index is 10.8. The van der Waals surface area contributed by atoms with Crippen molar-refractivity contribution in [2.45, 2.75) is 13.5 Å². The summed E-state index contributed by atoms with van der Waals surface area (Å²) in [6.07, 6.45) is 0.866. The third kappa shape index (κ3) is 2.32. The van der Waals surface area contributed by atoms with Gasteiger partial charge in [0.15, 0.2) is 6.73 Å². The highest BCUT2D eigenvalue weighted by molar-refractivity contribution is 5.75. The number of carbonyl (C=O) groups is 1. The SMILES string of the molecule is Cc1ccc(N2COc3ccc(C=O)cc3C2)cc1. The van der Waals surface area contributed by atoms with E-state index >= 15 is 0 Å². The van der Waals surface area contributed by atoms with E-state index in [1.807, 2.05) is 12.1 Å². The van der Waals surface area contributed by atoms with Gasteiger partial charge in [0.2, 0.25) is 0 Å². The summed E-state index contributed by atoms with van der Waals surface area (Å²) in [5, 5.41) is 0. The Morgan fingerprint density at radius 2 is 1.95 bits per heavy atom. The number of rotatable bonds is 2. The van der Waals surface area contributed by atoms with Gasteiger partial charge in [0.1, 0.15) is 12.0 Å². The van der Waals surface area contributed by atoms with Crippen molar-refractivity contribution in [1.82, 2.24) is 0 Å². The molecule has 0 bridgehead atoms. The summed E-state index contributed by atoms with van der Waals surface area (Å²) < 4.78 is 5.73. The maximum atomic E-state index is 10.8. The predicted molar refractivity (Wildman–Crippen MR) is 74.7 cm³/mol. The van der Waals surface area contributed by atoms with E-state index in [-0.39, 0.29) is 0 Å². The third-order valence-electron chi connectivity index (χ3n) is 3.36. The monoisotopic (exact) mass is 253 g/mol. The standard InChI is InChI=1S/C16H15NO2/c1-12-2-5-15(6-3-12)17-9-14-8-13(10-18)4-7-16(14)19-11-17/h2-8,10H,9,11H2,1H3. The van der Waals surface area contributed by atoms with Gasteiger partial charge in [-0.2, -0.15) is 0 Å². The lowest BCUT2D eigenvalue weighted by molar-refractivity contribution is 0.112. The highest BCUT2D eigenvalue weighted by Gasteiger charge is 2.17. The van der Waals surface area contributed by atoms with E-state index in [1.54, 1.807) is 6.07 Å². The first-order chi connectivity index (χ1) is 9.26. The van der Waals surface area contributed by atoms with Gasteiger partial charge in [-0.3, -0.25) is 4.79 Å². The fourth-order valence-corrected chi connectivity index (χ4v) is 2.26. The number of hydrogen-bond acceptors (Lipinski definition) is 3. The van der Waals surface area contributed by atoms with Crippen LogP contribution in [0.4, 0.5) is 5.69 Å². The topological polar surface area (TPSA) is 29.5 Å². The average molecular weight is 253 g/mol. The first-order valence-corrected chi connectivity index (χ1v) is 6.29. The lowest BCUT2D eigenvalue weighted by Crippen LogP contribution is -2.31. The second-order valence-electron chi connectivity index (χ2n) is 4.79. The van der Waals surface area contributed by atoms with Gasteiger partial charge in [-0.1, -0.05) is 17.7 Å². The van der Waals surface area contributed by atoms with Crippen LogP contribution in [0.3, 0.4) is 0 Å². The number of hydrogen-bond donors (Lipinski definition) is 0. The Kier molecular flexibility index (Phi) is 2.95. The van der Waals surface area contributed by atoms with Crippen molar-refractivity contribution in [3.8, 4) is 5.75 Å². The summed E-state index contributed by atoms with van der Waals surface area (Å²) in [7, 11) is 0. The molecule has 2 aromatic rings. The second-order valence-corrected chi connectivity index (χ2v) is 4.79. The molecule has 1 heterocycles. The number of benzene rings is 2. The largest absolute Gasteiger partial charge is 0.473 e. The van der Waals surface area contributed by atoms with Gasteiger partial charge in [0.05, 0.1) is 0 Å². The molecule has 0 N–H and O–H groups in total. The van der Waals surface area contributed by atoms with E-state index in [1.165, 1.54) is 5.56 Å². The van der Waals surface area contributed by atoms with Crippen LogP contribution in [0.25, 0.3) is 0 Å². The molecule has 0 unspecified atom stereocenters. The smallest absolute Gasteiger partial charge is 0.161 e. The molecule has 0 aromatic heterocycles. The van der Waals surface area contributed by atoms with Gasteiger partial charge in [0, 0.05) is 23.4 Å². The van der Waals surface area contributed by atoms with E-state index in [0.29, 0.717) is 12.3 Å². The Balaban J connectivity index is 1.88. The maximum Gasteiger partial charge on any atom is 0.161 e. The zero-order valence-electron chi connectivity index (χ0n) is 10.8. The van der Waals surface area contributed by atoms with Crippen molar-refractivity contribution >= 4 is 12.0 Å². The van der Waals surface area contributed by atoms with Crippen molar-refractivity contribution in [1.29, 1.82) is 0 Å². The summed E-state index contributed by atoms with van der Waals surface area (Å²) in [6, 6.07) is 13.9. The van der Waals surface area contributed by atoms with Crippen LogP contribution in [0.2, 0.25) is 0 Å². The summed E-state index contributed by atoms with van der Waals surface area (Å²) in [5.74, 6) is 0.869. The van der Waals surface area contributed by atoms with Crippen LogP contribution in [0.15, 0.2) is 42.5 Å². The molecule has 0 saturated carbocycles. The minimum absolute atomic E-state index is 0.538. The molecule has 0 aliphatic carbocycles. The van der Waals surface area contributed by atoms with E-state index in [9.17, 15) is 4.79 Å². The van der Waals surface area contributed by atoms with Gasteiger partial charge >= 0.3 is 0 Å². The molecule has 0 fully saturated rings. The molecule has 1 aliphatic heterocycles. The average Bonchev–Trinajstić information content (AvgIpc) is 2.47. The molecule has 2 aromatic carbocycles. The van der Waals surface area contributed by atoms with E-state index in [4.69, 9.17) is 4.74 Å². The first-order valence-electron chi connectivity index (χ1n) is 6.29. The summed E-state index contributed by atoms with van der Waals surface area (Å²) >= 11 is 0. The molecule has 1 aliphatic rings.